The van der Waals surface area contributed by atoms with E-state index in [1.54, 1.807) is 0 Å². The van der Waals surface area contributed by atoms with Crippen molar-refractivity contribution in [2.75, 3.05) is 12.8 Å². The van der Waals surface area contributed by atoms with Crippen LogP contribution >= 0.6 is 11.8 Å². The zero-order chi connectivity index (χ0) is 13.0. The predicted octanol–water partition coefficient (Wildman–Crippen LogP) is 3.46. The summed E-state index contributed by atoms with van der Waals surface area (Å²) in [6, 6.07) is 8.37. The molecule has 18 heavy (non-hydrogen) atoms. The molecule has 1 N–H and O–H groups in total. The summed E-state index contributed by atoms with van der Waals surface area (Å²) in [5.41, 5.74) is 1.30. The third kappa shape index (κ3) is 3.92. The van der Waals surface area contributed by atoms with Gasteiger partial charge >= 0.3 is 0 Å². The standard InChI is InChI=1S/C15H23NOS/c1-12(2)17-14-6-4-5-13(9-14)10-16-11-15(18-3)7-8-15/h4-6,9,12,16H,7-8,10-11H2,1-3H3. The number of hydrogen-bond donors (Lipinski definition) is 1. The molecule has 0 saturated heterocycles. The highest BCUT2D eigenvalue weighted by Crippen LogP contribution is 2.46. The molecule has 0 spiro atoms. The van der Waals surface area contributed by atoms with Gasteiger partial charge in [-0.15, -0.1) is 0 Å². The van der Waals surface area contributed by atoms with Gasteiger partial charge in [-0.25, -0.2) is 0 Å². The van der Waals surface area contributed by atoms with Gasteiger partial charge in [0.15, 0.2) is 0 Å². The van der Waals surface area contributed by atoms with Crippen LogP contribution in [0.4, 0.5) is 0 Å². The van der Waals surface area contributed by atoms with Gasteiger partial charge < -0.3 is 10.1 Å². The van der Waals surface area contributed by atoms with E-state index >= 15 is 0 Å². The maximum atomic E-state index is 5.70. The summed E-state index contributed by atoms with van der Waals surface area (Å²) in [5.74, 6) is 0.968. The molecule has 0 aliphatic heterocycles. The molecule has 2 nitrogen and oxygen atoms in total. The van der Waals surface area contributed by atoms with Crippen molar-refractivity contribution in [1.29, 1.82) is 0 Å². The van der Waals surface area contributed by atoms with Crippen molar-refractivity contribution >= 4 is 11.8 Å². The van der Waals surface area contributed by atoms with Crippen LogP contribution in [0.1, 0.15) is 32.3 Å². The molecule has 3 heteroatoms. The molecule has 0 amide bonds. The summed E-state index contributed by atoms with van der Waals surface area (Å²) in [4.78, 5) is 0. The molecule has 0 atom stereocenters. The van der Waals surface area contributed by atoms with E-state index in [0.717, 1.165) is 18.8 Å². The summed E-state index contributed by atoms with van der Waals surface area (Å²) in [7, 11) is 0. The minimum Gasteiger partial charge on any atom is -0.491 e. The third-order valence-electron chi connectivity index (χ3n) is 3.29. The Labute approximate surface area is 114 Å². The molecule has 0 aromatic heterocycles. The highest BCUT2D eigenvalue weighted by Gasteiger charge is 2.41. The Kier molecular flexibility index (Phi) is 4.57. The number of ether oxygens (including phenoxy) is 1. The van der Waals surface area contributed by atoms with Crippen LogP contribution in [0, 0.1) is 0 Å². The van der Waals surface area contributed by atoms with Crippen molar-refractivity contribution in [3.8, 4) is 5.75 Å². The predicted molar refractivity (Wildman–Crippen MR) is 79.4 cm³/mol. The van der Waals surface area contributed by atoms with E-state index < -0.39 is 0 Å². The molecule has 1 aromatic rings. The Balaban J connectivity index is 1.81. The summed E-state index contributed by atoms with van der Waals surface area (Å²) in [6.07, 6.45) is 5.17. The van der Waals surface area contributed by atoms with Gasteiger partial charge in [0, 0.05) is 17.8 Å². The SMILES string of the molecule is CSC1(CNCc2cccc(OC(C)C)c2)CC1. The second-order valence-corrected chi connectivity index (χ2v) is 6.58. The fourth-order valence-corrected chi connectivity index (χ4v) is 2.78. The Bertz CT molecular complexity index is 388. The Morgan fingerprint density at radius 2 is 2.17 bits per heavy atom. The molecule has 0 radical (unpaired) electrons. The van der Waals surface area contributed by atoms with Crippen LogP contribution < -0.4 is 10.1 Å². The number of rotatable bonds is 7. The zero-order valence-corrected chi connectivity index (χ0v) is 12.3. The van der Waals surface area contributed by atoms with Gasteiger partial charge in [0.25, 0.3) is 0 Å². The highest BCUT2D eigenvalue weighted by atomic mass is 32.2. The lowest BCUT2D eigenvalue weighted by molar-refractivity contribution is 0.242. The van der Waals surface area contributed by atoms with Crippen LogP contribution in [0.5, 0.6) is 5.75 Å². The van der Waals surface area contributed by atoms with Gasteiger partial charge in [0.2, 0.25) is 0 Å². The summed E-state index contributed by atoms with van der Waals surface area (Å²) in [6.45, 7) is 6.15. The molecular weight excluding hydrogens is 242 g/mol. The van der Waals surface area contributed by atoms with Crippen LogP contribution in [-0.4, -0.2) is 23.7 Å². The minimum absolute atomic E-state index is 0.236. The molecule has 0 heterocycles. The van der Waals surface area contributed by atoms with Gasteiger partial charge in [-0.05, 0) is 50.6 Å². The van der Waals surface area contributed by atoms with Crippen molar-refractivity contribution < 1.29 is 4.74 Å². The Morgan fingerprint density at radius 1 is 1.39 bits per heavy atom. The number of hydrogen-bond acceptors (Lipinski definition) is 3. The molecule has 2 rings (SSSR count). The van der Waals surface area contributed by atoms with Crippen LogP contribution in [0.2, 0.25) is 0 Å². The second kappa shape index (κ2) is 5.98. The summed E-state index contributed by atoms with van der Waals surface area (Å²) >= 11 is 2.00. The molecule has 1 fully saturated rings. The minimum atomic E-state index is 0.236. The molecule has 1 aromatic carbocycles. The topological polar surface area (TPSA) is 21.3 Å². The quantitative estimate of drug-likeness (QED) is 0.816. The monoisotopic (exact) mass is 265 g/mol. The van der Waals surface area contributed by atoms with Crippen molar-refractivity contribution in [3.63, 3.8) is 0 Å². The van der Waals surface area contributed by atoms with Crippen molar-refractivity contribution in [3.05, 3.63) is 29.8 Å². The lowest BCUT2D eigenvalue weighted by Gasteiger charge is -2.14. The van der Waals surface area contributed by atoms with Gasteiger partial charge in [-0.2, -0.15) is 11.8 Å². The van der Waals surface area contributed by atoms with Crippen molar-refractivity contribution in [2.24, 2.45) is 0 Å². The number of nitrogens with one attached hydrogen (secondary N) is 1. The summed E-state index contributed by atoms with van der Waals surface area (Å²) < 4.78 is 6.24. The lowest BCUT2D eigenvalue weighted by atomic mass is 10.2. The first kappa shape index (κ1) is 13.8. The van der Waals surface area contributed by atoms with E-state index in [4.69, 9.17) is 4.74 Å². The normalized spacial score (nSPS) is 16.9. The third-order valence-corrected chi connectivity index (χ3v) is 4.71. The maximum absolute atomic E-state index is 5.70. The van der Waals surface area contributed by atoms with Gasteiger partial charge in [0.05, 0.1) is 6.10 Å². The molecule has 0 bridgehead atoms. The fourth-order valence-electron chi connectivity index (χ4n) is 2.03. The van der Waals surface area contributed by atoms with Crippen LogP contribution in [0.15, 0.2) is 24.3 Å². The molecule has 1 aliphatic rings. The number of benzene rings is 1. The van der Waals surface area contributed by atoms with E-state index in [9.17, 15) is 0 Å². The van der Waals surface area contributed by atoms with Crippen molar-refractivity contribution in [1.82, 2.24) is 5.32 Å². The first-order valence-corrected chi connectivity index (χ1v) is 7.87. The molecule has 100 valence electrons. The van der Waals surface area contributed by atoms with Crippen LogP contribution in [0.3, 0.4) is 0 Å². The van der Waals surface area contributed by atoms with E-state index in [1.165, 1.54) is 18.4 Å². The van der Waals surface area contributed by atoms with Crippen LogP contribution in [0.25, 0.3) is 0 Å². The van der Waals surface area contributed by atoms with E-state index in [2.05, 4.69) is 43.6 Å². The summed E-state index contributed by atoms with van der Waals surface area (Å²) in [5, 5.41) is 3.56. The van der Waals surface area contributed by atoms with Crippen molar-refractivity contribution in [2.45, 2.75) is 44.1 Å². The Hall–Kier alpha value is -0.670. The number of thioether (sulfide) groups is 1. The maximum Gasteiger partial charge on any atom is 0.120 e. The van der Waals surface area contributed by atoms with Crippen LogP contribution in [-0.2, 0) is 6.54 Å². The zero-order valence-electron chi connectivity index (χ0n) is 11.5. The van der Waals surface area contributed by atoms with Gasteiger partial charge in [0.1, 0.15) is 5.75 Å². The fraction of sp³-hybridized carbons (Fsp3) is 0.600. The second-order valence-electron chi connectivity index (χ2n) is 5.30. The smallest absolute Gasteiger partial charge is 0.120 e. The first-order valence-electron chi connectivity index (χ1n) is 6.65. The largest absolute Gasteiger partial charge is 0.491 e. The molecular formula is C15H23NOS. The molecule has 1 aliphatic carbocycles. The average Bonchev–Trinajstić information content (AvgIpc) is 3.09. The van der Waals surface area contributed by atoms with E-state index in [0.29, 0.717) is 4.75 Å². The van der Waals surface area contributed by atoms with Gasteiger partial charge in [-0.3, -0.25) is 0 Å². The molecule has 0 unspecified atom stereocenters. The van der Waals surface area contributed by atoms with Gasteiger partial charge in [-0.1, -0.05) is 12.1 Å². The van der Waals surface area contributed by atoms with E-state index in [1.807, 2.05) is 17.8 Å². The highest BCUT2D eigenvalue weighted by molar-refractivity contribution is 8.00. The Morgan fingerprint density at radius 3 is 2.78 bits per heavy atom. The molecule has 1 saturated carbocycles. The first-order chi connectivity index (χ1) is 8.63. The lowest BCUT2D eigenvalue weighted by Crippen LogP contribution is -2.25. The van der Waals surface area contributed by atoms with E-state index in [-0.39, 0.29) is 6.10 Å². The average molecular weight is 265 g/mol.